The Bertz CT molecular complexity index is 636. The minimum absolute atomic E-state index is 0.411. The smallest absolute Gasteiger partial charge is 0.0373 e. The average molecular weight is 353 g/mol. The van der Waals surface area contributed by atoms with Gasteiger partial charge in [0.05, 0.1) is 0 Å². The molecule has 2 nitrogen and oxygen atoms in total. The Balaban J connectivity index is 2.15. The van der Waals surface area contributed by atoms with Crippen molar-refractivity contribution < 1.29 is 0 Å². The molecule has 2 rings (SSSR count). The van der Waals surface area contributed by atoms with Crippen molar-refractivity contribution in [3.05, 3.63) is 65.2 Å². The number of anilines is 1. The van der Waals surface area contributed by atoms with E-state index in [2.05, 4.69) is 86.4 Å². The highest BCUT2D eigenvalue weighted by Crippen LogP contribution is 2.27. The van der Waals surface area contributed by atoms with E-state index in [4.69, 9.17) is 0 Å². The summed E-state index contributed by atoms with van der Waals surface area (Å²) in [5.41, 5.74) is 5.42. The predicted molar refractivity (Wildman–Crippen MR) is 115 cm³/mol. The third-order valence-electron chi connectivity index (χ3n) is 5.16. The number of rotatable bonds is 11. The normalized spacial score (nSPS) is 12.3. The van der Waals surface area contributed by atoms with Crippen LogP contribution >= 0.6 is 0 Å². The number of hydrogen-bond donors (Lipinski definition) is 1. The minimum atomic E-state index is 0.411. The van der Waals surface area contributed by atoms with Gasteiger partial charge in [-0.1, -0.05) is 69.2 Å². The zero-order valence-corrected chi connectivity index (χ0v) is 17.1. The van der Waals surface area contributed by atoms with Crippen molar-refractivity contribution in [1.29, 1.82) is 0 Å². The van der Waals surface area contributed by atoms with Crippen molar-refractivity contribution in [2.24, 2.45) is 0 Å². The van der Waals surface area contributed by atoms with Crippen LogP contribution in [0.2, 0.25) is 0 Å². The fourth-order valence-electron chi connectivity index (χ4n) is 3.29. The molecule has 2 aromatic carbocycles. The summed E-state index contributed by atoms with van der Waals surface area (Å²) in [6, 6.07) is 18.2. The van der Waals surface area contributed by atoms with Crippen LogP contribution in [0.1, 0.15) is 69.2 Å². The maximum Gasteiger partial charge on any atom is 0.0373 e. The number of hydrogen-bond acceptors (Lipinski definition) is 2. The minimum Gasteiger partial charge on any atom is -0.385 e. The van der Waals surface area contributed by atoms with Crippen LogP contribution in [0.5, 0.6) is 0 Å². The molecule has 1 N–H and O–H groups in total. The van der Waals surface area contributed by atoms with E-state index < -0.39 is 0 Å². The van der Waals surface area contributed by atoms with E-state index in [9.17, 15) is 0 Å². The summed E-state index contributed by atoms with van der Waals surface area (Å²) in [5.74, 6) is 0. The van der Waals surface area contributed by atoms with Crippen LogP contribution < -0.4 is 5.32 Å². The summed E-state index contributed by atoms with van der Waals surface area (Å²) in [6.45, 7) is 12.3. The molecule has 0 heterocycles. The first-order chi connectivity index (χ1) is 12.7. The highest BCUT2D eigenvalue weighted by atomic mass is 15.1. The van der Waals surface area contributed by atoms with Crippen molar-refractivity contribution >= 4 is 5.69 Å². The molecule has 142 valence electrons. The highest BCUT2D eigenvalue weighted by Gasteiger charge is 2.16. The summed E-state index contributed by atoms with van der Waals surface area (Å²) >= 11 is 0. The lowest BCUT2D eigenvalue weighted by Crippen LogP contribution is -2.28. The van der Waals surface area contributed by atoms with E-state index in [0.29, 0.717) is 6.04 Å². The third kappa shape index (κ3) is 6.17. The van der Waals surface area contributed by atoms with Crippen molar-refractivity contribution in [1.82, 2.24) is 4.90 Å². The maximum atomic E-state index is 3.62. The van der Waals surface area contributed by atoms with Crippen molar-refractivity contribution in [2.75, 3.05) is 18.4 Å². The largest absolute Gasteiger partial charge is 0.385 e. The lowest BCUT2D eigenvalue weighted by molar-refractivity contribution is 0.198. The van der Waals surface area contributed by atoms with Gasteiger partial charge < -0.3 is 5.32 Å². The van der Waals surface area contributed by atoms with E-state index in [-0.39, 0.29) is 0 Å². The van der Waals surface area contributed by atoms with Crippen LogP contribution in [-0.2, 0) is 6.54 Å². The second kappa shape index (κ2) is 11.0. The van der Waals surface area contributed by atoms with Crippen molar-refractivity contribution in [3.63, 3.8) is 0 Å². The van der Waals surface area contributed by atoms with Crippen molar-refractivity contribution in [3.8, 4) is 0 Å². The molecule has 0 aliphatic heterocycles. The first kappa shape index (κ1) is 20.5. The van der Waals surface area contributed by atoms with Crippen molar-refractivity contribution in [2.45, 2.75) is 66.0 Å². The van der Waals surface area contributed by atoms with Crippen LogP contribution in [0, 0.1) is 6.92 Å². The van der Waals surface area contributed by atoms with Gasteiger partial charge in [-0.15, -0.1) is 0 Å². The fraction of sp³-hybridized carbons (Fsp3) is 0.500. The van der Waals surface area contributed by atoms with Gasteiger partial charge in [-0.2, -0.15) is 0 Å². The summed E-state index contributed by atoms with van der Waals surface area (Å²) in [7, 11) is 0. The summed E-state index contributed by atoms with van der Waals surface area (Å²) < 4.78 is 0. The van der Waals surface area contributed by atoms with Crippen LogP contribution in [0.25, 0.3) is 0 Å². The first-order valence-electron chi connectivity index (χ1n) is 10.3. The van der Waals surface area contributed by atoms with Crippen LogP contribution in [-0.4, -0.2) is 18.0 Å². The fourth-order valence-corrected chi connectivity index (χ4v) is 3.29. The Hall–Kier alpha value is -1.80. The standard InChI is InChI=1S/C24H36N2/c1-5-7-16-25-24-18-23(15-14-20(24)3)21(4)26(17-8-6-2)19-22-12-10-9-11-13-22/h9-15,18,21,25H,5-8,16-17,19H2,1-4H3. The Kier molecular flexibility index (Phi) is 8.70. The van der Waals surface area contributed by atoms with Crippen LogP contribution in [0.3, 0.4) is 0 Å². The second-order valence-electron chi connectivity index (χ2n) is 7.34. The maximum absolute atomic E-state index is 3.62. The molecule has 0 aliphatic carbocycles. The third-order valence-corrected chi connectivity index (χ3v) is 5.16. The highest BCUT2D eigenvalue weighted by molar-refractivity contribution is 5.53. The zero-order chi connectivity index (χ0) is 18.8. The van der Waals surface area contributed by atoms with Crippen LogP contribution in [0.15, 0.2) is 48.5 Å². The molecule has 2 aromatic rings. The molecule has 0 spiro atoms. The van der Waals surface area contributed by atoms with Crippen LogP contribution in [0.4, 0.5) is 5.69 Å². The average Bonchev–Trinajstić information content (AvgIpc) is 2.67. The molecule has 0 aromatic heterocycles. The number of nitrogens with zero attached hydrogens (tertiary/aromatic N) is 1. The predicted octanol–water partition coefficient (Wildman–Crippen LogP) is 6.57. The van der Waals surface area contributed by atoms with Gasteiger partial charge in [0.1, 0.15) is 0 Å². The Morgan fingerprint density at radius 1 is 0.962 bits per heavy atom. The number of nitrogens with one attached hydrogen (secondary N) is 1. The van der Waals surface area contributed by atoms with E-state index in [0.717, 1.165) is 19.6 Å². The molecule has 1 atom stereocenters. The summed E-state index contributed by atoms with van der Waals surface area (Å²) in [5, 5.41) is 3.62. The van der Waals surface area contributed by atoms with E-state index in [1.54, 1.807) is 0 Å². The molecule has 0 amide bonds. The molecule has 26 heavy (non-hydrogen) atoms. The van der Waals surface area contributed by atoms with Gasteiger partial charge in [-0.3, -0.25) is 4.90 Å². The number of aryl methyl sites for hydroxylation is 1. The Morgan fingerprint density at radius 2 is 1.69 bits per heavy atom. The van der Waals surface area contributed by atoms with Gasteiger partial charge >= 0.3 is 0 Å². The SMILES string of the molecule is CCCCNc1cc(C(C)N(CCCC)Cc2ccccc2)ccc1C. The first-order valence-corrected chi connectivity index (χ1v) is 10.3. The molecule has 0 bridgehead atoms. The lowest BCUT2D eigenvalue weighted by Gasteiger charge is -2.30. The Morgan fingerprint density at radius 3 is 2.38 bits per heavy atom. The molecular formula is C24H36N2. The molecule has 0 radical (unpaired) electrons. The lowest BCUT2D eigenvalue weighted by atomic mass is 10.0. The quantitative estimate of drug-likeness (QED) is 0.460. The van der Waals surface area contributed by atoms with Gasteiger partial charge in [-0.05, 0) is 56.0 Å². The monoisotopic (exact) mass is 352 g/mol. The summed E-state index contributed by atoms with van der Waals surface area (Å²) in [6.07, 6.45) is 4.92. The van der Waals surface area contributed by atoms with Gasteiger partial charge in [0, 0.05) is 24.8 Å². The topological polar surface area (TPSA) is 15.3 Å². The number of unbranched alkanes of at least 4 members (excludes halogenated alkanes) is 2. The zero-order valence-electron chi connectivity index (χ0n) is 17.1. The second-order valence-corrected chi connectivity index (χ2v) is 7.34. The van der Waals surface area contributed by atoms with E-state index >= 15 is 0 Å². The van der Waals surface area contributed by atoms with Gasteiger partial charge in [0.15, 0.2) is 0 Å². The molecule has 0 saturated heterocycles. The number of benzene rings is 2. The van der Waals surface area contributed by atoms with Gasteiger partial charge in [0.25, 0.3) is 0 Å². The molecular weight excluding hydrogens is 316 g/mol. The molecule has 1 unspecified atom stereocenters. The van der Waals surface area contributed by atoms with Gasteiger partial charge in [0.2, 0.25) is 0 Å². The Labute approximate surface area is 160 Å². The molecule has 2 heteroatoms. The van der Waals surface area contributed by atoms with Gasteiger partial charge in [-0.25, -0.2) is 0 Å². The summed E-state index contributed by atoms with van der Waals surface area (Å²) in [4.78, 5) is 2.61. The molecule has 0 aliphatic rings. The molecule has 0 saturated carbocycles. The van der Waals surface area contributed by atoms with E-state index in [1.807, 2.05) is 0 Å². The van der Waals surface area contributed by atoms with E-state index in [1.165, 1.54) is 48.1 Å². The molecule has 0 fully saturated rings.